The van der Waals surface area contributed by atoms with Crippen LogP contribution in [0.15, 0.2) is 0 Å². The normalized spacial score (nSPS) is 22.4. The maximum atomic E-state index is 13.0. The average molecular weight is 534 g/mol. The van der Waals surface area contributed by atoms with Crippen LogP contribution in [0.1, 0.15) is 84.0 Å². The summed E-state index contributed by atoms with van der Waals surface area (Å²) in [6.45, 7) is 4.37. The highest BCUT2D eigenvalue weighted by atomic mass is 16.8. The molecule has 2 amide bonds. The lowest BCUT2D eigenvalue weighted by atomic mass is 9.92. The molecule has 2 saturated heterocycles. The number of ether oxygens (including phenoxy) is 3. The third kappa shape index (κ3) is 9.82. The SMILES string of the molecule is C#CC[C@H](NC(=O)[C@@H]1CCCN(C(=O)CCC2CCNCC2)C1)C(=O)OC(C)OC(=O)OC1CCCCC1. The number of rotatable bonds is 10. The van der Waals surface area contributed by atoms with E-state index in [0.717, 1.165) is 70.9 Å². The quantitative estimate of drug-likeness (QED) is 0.250. The first-order chi connectivity index (χ1) is 18.4. The second kappa shape index (κ2) is 15.6. The van der Waals surface area contributed by atoms with E-state index in [4.69, 9.17) is 20.6 Å². The van der Waals surface area contributed by atoms with Gasteiger partial charge in [-0.1, -0.05) is 6.42 Å². The first kappa shape index (κ1) is 29.8. The summed E-state index contributed by atoms with van der Waals surface area (Å²) in [5.41, 5.74) is 0. The maximum Gasteiger partial charge on any atom is 0.511 e. The largest absolute Gasteiger partial charge is 0.511 e. The Morgan fingerprint density at radius 3 is 2.47 bits per heavy atom. The molecule has 212 valence electrons. The van der Waals surface area contributed by atoms with Crippen molar-refractivity contribution in [1.29, 1.82) is 0 Å². The standard InChI is InChI=1S/C28H43N3O7/c1-3-8-24(27(34)36-20(2)37-28(35)38-23-10-5-4-6-11-23)30-26(33)22-9-7-18-31(19-22)25(32)13-12-21-14-16-29-17-15-21/h1,20-24,29H,4-19H2,2H3,(H,30,33)/t20?,22-,24+/m1/s1. The van der Waals surface area contributed by atoms with Crippen molar-refractivity contribution in [2.24, 2.45) is 11.8 Å². The molecule has 1 unspecified atom stereocenters. The van der Waals surface area contributed by atoms with Crippen molar-refractivity contribution in [3.8, 4) is 12.3 Å². The predicted molar refractivity (Wildman–Crippen MR) is 140 cm³/mol. The van der Waals surface area contributed by atoms with Crippen LogP contribution in [-0.2, 0) is 28.6 Å². The number of hydrogen-bond acceptors (Lipinski definition) is 8. The highest BCUT2D eigenvalue weighted by molar-refractivity contribution is 5.87. The van der Waals surface area contributed by atoms with Crippen LogP contribution < -0.4 is 10.6 Å². The van der Waals surface area contributed by atoms with Gasteiger partial charge in [-0.15, -0.1) is 12.3 Å². The molecule has 0 radical (unpaired) electrons. The number of esters is 1. The molecule has 0 spiro atoms. The summed E-state index contributed by atoms with van der Waals surface area (Å²) in [6, 6.07) is -1.08. The first-order valence-electron chi connectivity index (χ1n) is 14.2. The van der Waals surface area contributed by atoms with Crippen molar-refractivity contribution in [2.45, 2.75) is 102 Å². The minimum Gasteiger partial charge on any atom is -0.431 e. The zero-order valence-corrected chi connectivity index (χ0v) is 22.6. The Labute approximate surface area is 225 Å². The van der Waals surface area contributed by atoms with Gasteiger partial charge < -0.3 is 29.7 Å². The minimum absolute atomic E-state index is 0.0740. The van der Waals surface area contributed by atoms with E-state index in [1.54, 1.807) is 4.90 Å². The van der Waals surface area contributed by atoms with Crippen LogP contribution in [0.5, 0.6) is 0 Å². The van der Waals surface area contributed by atoms with Crippen LogP contribution in [0.3, 0.4) is 0 Å². The van der Waals surface area contributed by atoms with E-state index in [2.05, 4.69) is 16.6 Å². The van der Waals surface area contributed by atoms with Crippen LogP contribution >= 0.6 is 0 Å². The zero-order valence-electron chi connectivity index (χ0n) is 22.6. The summed E-state index contributed by atoms with van der Waals surface area (Å²) in [5, 5.41) is 6.02. The third-order valence-corrected chi connectivity index (χ3v) is 7.65. The zero-order chi connectivity index (χ0) is 27.3. The van der Waals surface area contributed by atoms with Gasteiger partial charge in [-0.25, -0.2) is 9.59 Å². The van der Waals surface area contributed by atoms with Gasteiger partial charge in [-0.3, -0.25) is 9.59 Å². The smallest absolute Gasteiger partial charge is 0.431 e. The van der Waals surface area contributed by atoms with Crippen LogP contribution in [0.4, 0.5) is 4.79 Å². The summed E-state index contributed by atoms with van der Waals surface area (Å²) >= 11 is 0. The number of nitrogens with zero attached hydrogens (tertiary/aromatic N) is 1. The summed E-state index contributed by atoms with van der Waals surface area (Å²) in [6.07, 6.45) is 12.7. The van der Waals surface area contributed by atoms with E-state index >= 15 is 0 Å². The van der Waals surface area contributed by atoms with Crippen molar-refractivity contribution >= 4 is 23.9 Å². The summed E-state index contributed by atoms with van der Waals surface area (Å²) in [5.74, 6) is 1.46. The number of piperidine rings is 2. The Morgan fingerprint density at radius 1 is 1.03 bits per heavy atom. The number of terminal acetylenes is 1. The molecule has 3 rings (SSSR count). The minimum atomic E-state index is -1.20. The predicted octanol–water partition coefficient (Wildman–Crippen LogP) is 2.89. The van der Waals surface area contributed by atoms with Crippen molar-refractivity contribution in [2.75, 3.05) is 26.2 Å². The molecule has 1 aliphatic carbocycles. The summed E-state index contributed by atoms with van der Waals surface area (Å²) in [4.78, 5) is 52.3. The van der Waals surface area contributed by atoms with Gasteiger partial charge >= 0.3 is 12.1 Å². The Bertz CT molecular complexity index is 846. The van der Waals surface area contributed by atoms with Gasteiger partial charge in [0, 0.05) is 32.9 Å². The van der Waals surface area contributed by atoms with Gasteiger partial charge in [0.25, 0.3) is 0 Å². The fourth-order valence-electron chi connectivity index (χ4n) is 5.43. The lowest BCUT2D eigenvalue weighted by Gasteiger charge is -2.33. The number of carbonyl (C=O) groups is 4. The second-order valence-electron chi connectivity index (χ2n) is 10.6. The van der Waals surface area contributed by atoms with Gasteiger partial charge in [0.1, 0.15) is 12.1 Å². The lowest BCUT2D eigenvalue weighted by Crippen LogP contribution is -2.50. The molecule has 38 heavy (non-hydrogen) atoms. The molecule has 3 aliphatic rings. The van der Waals surface area contributed by atoms with E-state index in [9.17, 15) is 19.2 Å². The molecule has 0 aromatic heterocycles. The van der Waals surface area contributed by atoms with E-state index < -0.39 is 30.4 Å². The van der Waals surface area contributed by atoms with E-state index in [-0.39, 0.29) is 24.3 Å². The Morgan fingerprint density at radius 2 is 1.76 bits per heavy atom. The van der Waals surface area contributed by atoms with E-state index in [1.807, 2.05) is 0 Å². The molecule has 0 bridgehead atoms. The second-order valence-corrected chi connectivity index (χ2v) is 10.6. The Kier molecular flexibility index (Phi) is 12.2. The molecule has 10 heteroatoms. The number of amides is 2. The molecule has 10 nitrogen and oxygen atoms in total. The molecule has 2 heterocycles. The fraction of sp³-hybridized carbons (Fsp3) is 0.786. The van der Waals surface area contributed by atoms with Gasteiger partial charge in [0.05, 0.1) is 5.92 Å². The molecular weight excluding hydrogens is 490 g/mol. The fourth-order valence-corrected chi connectivity index (χ4v) is 5.43. The van der Waals surface area contributed by atoms with Gasteiger partial charge in [0.15, 0.2) is 0 Å². The number of nitrogens with one attached hydrogen (secondary N) is 2. The molecule has 2 N–H and O–H groups in total. The molecule has 3 fully saturated rings. The molecular formula is C28H43N3O7. The number of hydrogen-bond donors (Lipinski definition) is 2. The topological polar surface area (TPSA) is 123 Å². The van der Waals surface area contributed by atoms with Crippen molar-refractivity contribution in [3.63, 3.8) is 0 Å². The molecule has 3 atom stereocenters. The van der Waals surface area contributed by atoms with Crippen molar-refractivity contribution < 1.29 is 33.4 Å². The number of carbonyl (C=O) groups excluding carboxylic acids is 4. The maximum absolute atomic E-state index is 13.0. The Hall–Kier alpha value is -2.80. The summed E-state index contributed by atoms with van der Waals surface area (Å²) < 4.78 is 15.6. The van der Waals surface area contributed by atoms with Gasteiger partial charge in [-0.2, -0.15) is 0 Å². The van der Waals surface area contributed by atoms with Crippen LogP contribution in [0.2, 0.25) is 0 Å². The van der Waals surface area contributed by atoms with Crippen LogP contribution in [-0.4, -0.2) is 73.5 Å². The molecule has 0 aromatic rings. The van der Waals surface area contributed by atoms with Crippen LogP contribution in [0.25, 0.3) is 0 Å². The molecule has 2 aliphatic heterocycles. The van der Waals surface area contributed by atoms with Gasteiger partial charge in [0.2, 0.25) is 18.1 Å². The molecule has 0 aromatic carbocycles. The first-order valence-corrected chi connectivity index (χ1v) is 14.2. The summed E-state index contributed by atoms with van der Waals surface area (Å²) in [7, 11) is 0. The molecule has 1 saturated carbocycles. The lowest BCUT2D eigenvalue weighted by molar-refractivity contribution is -0.172. The highest BCUT2D eigenvalue weighted by Crippen LogP contribution is 2.23. The van der Waals surface area contributed by atoms with Gasteiger partial charge in [-0.05, 0) is 76.8 Å². The van der Waals surface area contributed by atoms with E-state index in [1.165, 1.54) is 6.92 Å². The average Bonchev–Trinajstić information content (AvgIpc) is 2.92. The van der Waals surface area contributed by atoms with Crippen LogP contribution in [0, 0.1) is 24.2 Å². The van der Waals surface area contributed by atoms with Crippen molar-refractivity contribution in [1.82, 2.24) is 15.5 Å². The third-order valence-electron chi connectivity index (χ3n) is 7.65. The number of likely N-dealkylation sites (tertiary alicyclic amines) is 1. The van der Waals surface area contributed by atoms with Crippen molar-refractivity contribution in [3.05, 3.63) is 0 Å². The van der Waals surface area contributed by atoms with E-state index in [0.29, 0.717) is 31.8 Å². The monoisotopic (exact) mass is 533 g/mol. The Balaban J connectivity index is 1.43. The highest BCUT2D eigenvalue weighted by Gasteiger charge is 2.32.